The van der Waals surface area contributed by atoms with Crippen LogP contribution in [0.15, 0.2) is 29.6 Å². The van der Waals surface area contributed by atoms with E-state index < -0.39 is 5.97 Å². The van der Waals surface area contributed by atoms with E-state index in [1.165, 1.54) is 0 Å². The van der Waals surface area contributed by atoms with Gasteiger partial charge in [-0.05, 0) is 19.1 Å². The number of thioether (sulfide) groups is 1. The van der Waals surface area contributed by atoms with Gasteiger partial charge in [-0.25, -0.2) is 4.98 Å². The van der Waals surface area contributed by atoms with Crippen LogP contribution in [0.2, 0.25) is 0 Å². The zero-order chi connectivity index (χ0) is 14.1. The number of pyridine rings is 1. The molecule has 0 radical (unpaired) electrons. The number of nitrogens with zero attached hydrogens (tertiary/aromatic N) is 4. The second-order valence-electron chi connectivity index (χ2n) is 4.12. The van der Waals surface area contributed by atoms with Crippen LogP contribution in [0.4, 0.5) is 0 Å². The molecule has 3 aromatic heterocycles. The molecule has 8 heteroatoms. The summed E-state index contributed by atoms with van der Waals surface area (Å²) < 4.78 is 1.96. The number of hydrogen-bond donors (Lipinski definition) is 2. The van der Waals surface area contributed by atoms with Crippen molar-refractivity contribution >= 4 is 23.2 Å². The Labute approximate surface area is 118 Å². The highest BCUT2D eigenvalue weighted by molar-refractivity contribution is 7.99. The minimum Gasteiger partial charge on any atom is -0.481 e. The zero-order valence-corrected chi connectivity index (χ0v) is 11.4. The Hall–Kier alpha value is -2.35. The van der Waals surface area contributed by atoms with Gasteiger partial charge in [-0.3, -0.25) is 4.79 Å². The molecule has 20 heavy (non-hydrogen) atoms. The minimum absolute atomic E-state index is 0.0579. The number of aliphatic carboxylic acids is 1. The van der Waals surface area contributed by atoms with E-state index in [1.807, 2.05) is 35.7 Å². The number of aromatic nitrogens is 5. The molecule has 0 fully saturated rings. The molecule has 0 aromatic carbocycles. The highest BCUT2D eigenvalue weighted by atomic mass is 32.2. The van der Waals surface area contributed by atoms with Crippen LogP contribution in [0.1, 0.15) is 5.82 Å². The van der Waals surface area contributed by atoms with Crippen LogP contribution < -0.4 is 0 Å². The average Bonchev–Trinajstić information content (AvgIpc) is 3.02. The van der Waals surface area contributed by atoms with E-state index in [1.54, 1.807) is 0 Å². The Kier molecular flexibility index (Phi) is 3.15. The first-order valence-corrected chi connectivity index (χ1v) is 6.85. The SMILES string of the molecule is Cc1nc(-c2nnc(SCC(=O)O)[nH]2)c2ccccn12. The number of aromatic amines is 1. The van der Waals surface area contributed by atoms with E-state index in [2.05, 4.69) is 20.2 Å². The predicted octanol–water partition coefficient (Wildman–Crippen LogP) is 1.60. The second-order valence-corrected chi connectivity index (χ2v) is 5.09. The van der Waals surface area contributed by atoms with Gasteiger partial charge in [-0.1, -0.05) is 17.8 Å². The van der Waals surface area contributed by atoms with E-state index >= 15 is 0 Å². The summed E-state index contributed by atoms with van der Waals surface area (Å²) in [5.41, 5.74) is 1.63. The van der Waals surface area contributed by atoms with Crippen molar-refractivity contribution in [2.75, 3.05) is 5.75 Å². The molecule has 3 aromatic rings. The van der Waals surface area contributed by atoms with Crippen molar-refractivity contribution < 1.29 is 9.90 Å². The summed E-state index contributed by atoms with van der Waals surface area (Å²) in [5.74, 6) is 0.440. The molecule has 102 valence electrons. The first kappa shape index (κ1) is 12.7. The lowest BCUT2D eigenvalue weighted by molar-refractivity contribution is -0.133. The largest absolute Gasteiger partial charge is 0.481 e. The molecule has 0 saturated heterocycles. The normalized spacial score (nSPS) is 11.1. The van der Waals surface area contributed by atoms with E-state index in [0.29, 0.717) is 16.7 Å². The second kappa shape index (κ2) is 4.97. The maximum Gasteiger partial charge on any atom is 0.313 e. The van der Waals surface area contributed by atoms with Crippen molar-refractivity contribution in [1.82, 2.24) is 24.6 Å². The molecule has 0 aliphatic carbocycles. The van der Waals surface area contributed by atoms with Crippen LogP contribution in [0.25, 0.3) is 17.0 Å². The number of aryl methyl sites for hydroxylation is 1. The van der Waals surface area contributed by atoms with Crippen molar-refractivity contribution in [2.24, 2.45) is 0 Å². The van der Waals surface area contributed by atoms with Gasteiger partial charge in [0.15, 0.2) is 11.0 Å². The fourth-order valence-corrected chi connectivity index (χ4v) is 2.44. The summed E-state index contributed by atoms with van der Waals surface area (Å²) in [7, 11) is 0. The lowest BCUT2D eigenvalue weighted by atomic mass is 10.3. The topological polar surface area (TPSA) is 96.2 Å². The lowest BCUT2D eigenvalue weighted by Gasteiger charge is -1.94. The quantitative estimate of drug-likeness (QED) is 0.708. The summed E-state index contributed by atoms with van der Waals surface area (Å²) >= 11 is 1.09. The smallest absolute Gasteiger partial charge is 0.313 e. The van der Waals surface area contributed by atoms with E-state index in [0.717, 1.165) is 23.1 Å². The number of carboxylic acid groups (broad SMARTS) is 1. The lowest BCUT2D eigenvalue weighted by Crippen LogP contribution is -1.97. The monoisotopic (exact) mass is 289 g/mol. The molecular formula is C12H11N5O2S. The van der Waals surface area contributed by atoms with Gasteiger partial charge in [0.05, 0.1) is 11.3 Å². The highest BCUT2D eigenvalue weighted by Gasteiger charge is 2.14. The molecule has 0 atom stereocenters. The van der Waals surface area contributed by atoms with Gasteiger partial charge < -0.3 is 14.5 Å². The van der Waals surface area contributed by atoms with Gasteiger partial charge in [0.2, 0.25) is 0 Å². The molecule has 0 amide bonds. The maximum absolute atomic E-state index is 10.5. The maximum atomic E-state index is 10.5. The van der Waals surface area contributed by atoms with Crippen molar-refractivity contribution in [3.05, 3.63) is 30.2 Å². The molecule has 0 unspecified atom stereocenters. The minimum atomic E-state index is -0.892. The van der Waals surface area contributed by atoms with Gasteiger partial charge in [-0.15, -0.1) is 10.2 Å². The standard InChI is InChI=1S/C12H11N5O2S/c1-7-13-10(8-4-2-3-5-17(7)8)11-14-12(16-15-11)20-6-9(18)19/h2-5H,6H2,1H3,(H,18,19)(H,14,15,16). The molecule has 0 aliphatic rings. The van der Waals surface area contributed by atoms with E-state index in [-0.39, 0.29) is 5.75 Å². The van der Waals surface area contributed by atoms with Crippen molar-refractivity contribution in [2.45, 2.75) is 12.1 Å². The Morgan fingerprint density at radius 1 is 1.45 bits per heavy atom. The average molecular weight is 289 g/mol. The molecule has 0 saturated carbocycles. The molecular weight excluding hydrogens is 278 g/mol. The molecule has 3 rings (SSSR count). The van der Waals surface area contributed by atoms with Crippen LogP contribution in [-0.4, -0.2) is 41.4 Å². The molecule has 3 heterocycles. The predicted molar refractivity (Wildman–Crippen MR) is 73.7 cm³/mol. The van der Waals surface area contributed by atoms with Crippen molar-refractivity contribution in [3.8, 4) is 11.5 Å². The number of fused-ring (bicyclic) bond motifs is 1. The van der Waals surface area contributed by atoms with Crippen LogP contribution in [0.5, 0.6) is 0 Å². The van der Waals surface area contributed by atoms with Crippen molar-refractivity contribution in [1.29, 1.82) is 0 Å². The third-order valence-corrected chi connectivity index (χ3v) is 3.60. The molecule has 0 spiro atoms. The highest BCUT2D eigenvalue weighted by Crippen LogP contribution is 2.23. The number of hydrogen-bond acceptors (Lipinski definition) is 5. The van der Waals surface area contributed by atoms with Gasteiger partial charge in [0.25, 0.3) is 0 Å². The Balaban J connectivity index is 1.97. The van der Waals surface area contributed by atoms with E-state index in [9.17, 15) is 4.79 Å². The summed E-state index contributed by atoms with van der Waals surface area (Å²) in [6.07, 6.45) is 1.93. The van der Waals surface area contributed by atoms with Crippen LogP contribution in [-0.2, 0) is 4.79 Å². The van der Waals surface area contributed by atoms with Gasteiger partial charge >= 0.3 is 5.97 Å². The number of carbonyl (C=O) groups is 1. The Morgan fingerprint density at radius 3 is 3.10 bits per heavy atom. The molecule has 2 N–H and O–H groups in total. The number of nitrogens with one attached hydrogen (secondary N) is 1. The summed E-state index contributed by atoms with van der Waals surface area (Å²) in [6, 6.07) is 5.80. The molecule has 0 aliphatic heterocycles. The molecule has 0 bridgehead atoms. The van der Waals surface area contributed by atoms with Crippen LogP contribution in [0, 0.1) is 6.92 Å². The summed E-state index contributed by atoms with van der Waals surface area (Å²) in [5, 5.41) is 17.1. The Morgan fingerprint density at radius 2 is 2.30 bits per heavy atom. The zero-order valence-electron chi connectivity index (χ0n) is 10.6. The number of imidazole rings is 1. The van der Waals surface area contributed by atoms with E-state index in [4.69, 9.17) is 5.11 Å². The fraction of sp³-hybridized carbons (Fsp3) is 0.167. The van der Waals surface area contributed by atoms with Gasteiger partial charge in [-0.2, -0.15) is 0 Å². The first-order valence-electron chi connectivity index (χ1n) is 5.86. The third-order valence-electron chi connectivity index (χ3n) is 2.75. The number of H-pyrrole nitrogens is 1. The van der Waals surface area contributed by atoms with Crippen LogP contribution in [0.3, 0.4) is 0 Å². The van der Waals surface area contributed by atoms with Crippen molar-refractivity contribution in [3.63, 3.8) is 0 Å². The third kappa shape index (κ3) is 2.25. The Bertz CT molecular complexity index is 779. The van der Waals surface area contributed by atoms with Crippen LogP contribution >= 0.6 is 11.8 Å². The summed E-state index contributed by atoms with van der Waals surface area (Å²) in [6.45, 7) is 1.91. The van der Waals surface area contributed by atoms with Gasteiger partial charge in [0.1, 0.15) is 11.5 Å². The van der Waals surface area contributed by atoms with Gasteiger partial charge in [0, 0.05) is 6.20 Å². The fourth-order valence-electron chi connectivity index (χ4n) is 1.91. The summed E-state index contributed by atoms with van der Waals surface area (Å²) in [4.78, 5) is 18.0. The first-order chi connectivity index (χ1) is 9.65. The number of carboxylic acids is 1. The number of rotatable bonds is 4. The molecule has 7 nitrogen and oxygen atoms in total.